The van der Waals surface area contributed by atoms with Crippen LogP contribution in [0.2, 0.25) is 0 Å². The van der Waals surface area contributed by atoms with E-state index in [-0.39, 0.29) is 17.7 Å². The minimum absolute atomic E-state index is 0.0522. The standard InChI is InChI=1S/C18H17F3N2O/c1-11-9-15(22)12(2)8-14(11)17(18(19,20)21)10-16(23-24-17)13-6-4-3-5-7-13/h3-9H,10,22H2,1-2H3. The summed E-state index contributed by atoms with van der Waals surface area (Å²) in [5, 5.41) is 3.76. The molecule has 1 aliphatic heterocycles. The van der Waals surface area contributed by atoms with Crippen molar-refractivity contribution in [2.24, 2.45) is 5.16 Å². The molecule has 1 aliphatic rings. The predicted molar refractivity (Wildman–Crippen MR) is 86.7 cm³/mol. The Labute approximate surface area is 137 Å². The molecule has 0 saturated carbocycles. The fraction of sp³-hybridized carbons (Fsp3) is 0.278. The SMILES string of the molecule is Cc1cc(C2(C(F)(F)F)CC(c3ccccc3)=NO2)c(C)cc1N. The smallest absolute Gasteiger partial charge is 0.399 e. The molecule has 24 heavy (non-hydrogen) atoms. The second-order valence-corrected chi connectivity index (χ2v) is 6.02. The van der Waals surface area contributed by atoms with E-state index in [9.17, 15) is 13.2 Å². The third-order valence-electron chi connectivity index (χ3n) is 4.34. The van der Waals surface area contributed by atoms with Crippen molar-refractivity contribution in [3.05, 3.63) is 64.7 Å². The predicted octanol–water partition coefficient (Wildman–Crippen LogP) is 4.47. The van der Waals surface area contributed by atoms with Gasteiger partial charge < -0.3 is 10.6 Å². The number of nitrogens with zero attached hydrogens (tertiary/aromatic N) is 1. The molecule has 0 bridgehead atoms. The lowest BCUT2D eigenvalue weighted by Crippen LogP contribution is -2.43. The van der Waals surface area contributed by atoms with Gasteiger partial charge in [0.15, 0.2) is 0 Å². The van der Waals surface area contributed by atoms with E-state index in [1.54, 1.807) is 50.2 Å². The average molecular weight is 334 g/mol. The van der Waals surface area contributed by atoms with Gasteiger partial charge in [-0.25, -0.2) is 0 Å². The van der Waals surface area contributed by atoms with Crippen molar-refractivity contribution < 1.29 is 18.0 Å². The summed E-state index contributed by atoms with van der Waals surface area (Å²) in [6, 6.07) is 11.7. The minimum Gasteiger partial charge on any atom is -0.399 e. The van der Waals surface area contributed by atoms with Crippen molar-refractivity contribution in [2.75, 3.05) is 5.73 Å². The van der Waals surface area contributed by atoms with Crippen molar-refractivity contribution in [3.63, 3.8) is 0 Å². The van der Waals surface area contributed by atoms with Crippen LogP contribution in [0.5, 0.6) is 0 Å². The summed E-state index contributed by atoms with van der Waals surface area (Å²) < 4.78 is 41.9. The van der Waals surface area contributed by atoms with Gasteiger partial charge in [-0.15, -0.1) is 0 Å². The van der Waals surface area contributed by atoms with Gasteiger partial charge in [-0.2, -0.15) is 13.2 Å². The van der Waals surface area contributed by atoms with Gasteiger partial charge in [0.25, 0.3) is 5.60 Å². The molecule has 2 aromatic rings. The number of rotatable bonds is 2. The second kappa shape index (κ2) is 5.54. The van der Waals surface area contributed by atoms with E-state index in [0.717, 1.165) is 0 Å². The molecule has 0 amide bonds. The average Bonchev–Trinajstić information content (AvgIpc) is 2.98. The summed E-state index contributed by atoms with van der Waals surface area (Å²) in [7, 11) is 0. The highest BCUT2D eigenvalue weighted by atomic mass is 19.4. The Morgan fingerprint density at radius 2 is 1.75 bits per heavy atom. The topological polar surface area (TPSA) is 47.6 Å². The first kappa shape index (κ1) is 16.4. The number of nitrogens with two attached hydrogens (primary N) is 1. The Kier molecular flexibility index (Phi) is 3.78. The Morgan fingerprint density at radius 1 is 1.08 bits per heavy atom. The first-order valence-corrected chi connectivity index (χ1v) is 7.49. The number of aryl methyl sites for hydroxylation is 2. The van der Waals surface area contributed by atoms with Gasteiger partial charge in [-0.1, -0.05) is 35.5 Å². The Balaban J connectivity index is 2.09. The Hall–Kier alpha value is -2.50. The molecule has 0 spiro atoms. The summed E-state index contributed by atoms with van der Waals surface area (Å²) in [6.07, 6.45) is -4.98. The van der Waals surface area contributed by atoms with Gasteiger partial charge in [0.2, 0.25) is 0 Å². The van der Waals surface area contributed by atoms with Gasteiger partial charge >= 0.3 is 6.18 Å². The molecular weight excluding hydrogens is 317 g/mol. The normalized spacial score (nSPS) is 20.6. The van der Waals surface area contributed by atoms with Gasteiger partial charge in [0.1, 0.15) is 0 Å². The van der Waals surface area contributed by atoms with Crippen LogP contribution in [0.1, 0.15) is 28.7 Å². The zero-order chi connectivity index (χ0) is 17.5. The summed E-state index contributed by atoms with van der Waals surface area (Å²) in [6.45, 7) is 3.28. The van der Waals surface area contributed by atoms with Crippen LogP contribution >= 0.6 is 0 Å². The quantitative estimate of drug-likeness (QED) is 0.824. The molecule has 1 heterocycles. The highest BCUT2D eigenvalue weighted by Crippen LogP contribution is 2.50. The molecule has 0 radical (unpaired) electrons. The number of alkyl halides is 3. The summed E-state index contributed by atoms with van der Waals surface area (Å²) >= 11 is 0. The van der Waals surface area contributed by atoms with E-state index in [1.807, 2.05) is 0 Å². The maximum Gasteiger partial charge on any atom is 0.435 e. The van der Waals surface area contributed by atoms with Crippen LogP contribution in [0, 0.1) is 13.8 Å². The van der Waals surface area contributed by atoms with Gasteiger partial charge in [0.05, 0.1) is 5.71 Å². The molecule has 2 N–H and O–H groups in total. The van der Waals surface area contributed by atoms with Crippen LogP contribution in [-0.2, 0) is 10.4 Å². The first-order chi connectivity index (χ1) is 11.2. The molecule has 0 saturated heterocycles. The van der Waals surface area contributed by atoms with Gasteiger partial charge in [-0.3, -0.25) is 0 Å². The largest absolute Gasteiger partial charge is 0.435 e. The van der Waals surface area contributed by atoms with Crippen LogP contribution in [0.25, 0.3) is 0 Å². The molecule has 3 nitrogen and oxygen atoms in total. The molecule has 0 aliphatic carbocycles. The van der Waals surface area contributed by atoms with E-state index in [0.29, 0.717) is 22.4 Å². The van der Waals surface area contributed by atoms with Crippen LogP contribution < -0.4 is 5.73 Å². The van der Waals surface area contributed by atoms with Crippen molar-refractivity contribution >= 4 is 11.4 Å². The van der Waals surface area contributed by atoms with Gasteiger partial charge in [-0.05, 0) is 42.7 Å². The fourth-order valence-electron chi connectivity index (χ4n) is 2.94. The number of halogens is 3. The molecule has 0 aromatic heterocycles. The summed E-state index contributed by atoms with van der Waals surface area (Å²) in [5.41, 5.74) is 5.74. The second-order valence-electron chi connectivity index (χ2n) is 6.02. The molecule has 1 atom stereocenters. The first-order valence-electron chi connectivity index (χ1n) is 7.49. The van der Waals surface area contributed by atoms with E-state index >= 15 is 0 Å². The fourth-order valence-corrected chi connectivity index (χ4v) is 2.94. The van der Waals surface area contributed by atoms with Crippen molar-refractivity contribution in [3.8, 4) is 0 Å². The van der Waals surface area contributed by atoms with Crippen LogP contribution in [-0.4, -0.2) is 11.9 Å². The minimum atomic E-state index is -4.61. The molecule has 126 valence electrons. The van der Waals surface area contributed by atoms with E-state index in [4.69, 9.17) is 10.6 Å². The molecule has 6 heteroatoms. The molecule has 0 fully saturated rings. The van der Waals surface area contributed by atoms with E-state index in [2.05, 4.69) is 5.16 Å². The lowest BCUT2D eigenvalue weighted by atomic mass is 9.83. The lowest BCUT2D eigenvalue weighted by Gasteiger charge is -2.31. The molecule has 1 unspecified atom stereocenters. The molecular formula is C18H17F3N2O. The van der Waals surface area contributed by atoms with Crippen molar-refractivity contribution in [2.45, 2.75) is 32.0 Å². The third-order valence-corrected chi connectivity index (χ3v) is 4.34. The van der Waals surface area contributed by atoms with E-state index < -0.39 is 11.8 Å². The lowest BCUT2D eigenvalue weighted by molar-refractivity contribution is -0.276. The monoisotopic (exact) mass is 334 g/mol. The number of anilines is 1. The molecule has 2 aromatic carbocycles. The Morgan fingerprint density at radius 3 is 2.38 bits per heavy atom. The summed E-state index contributed by atoms with van der Waals surface area (Å²) in [5.74, 6) is 0. The van der Waals surface area contributed by atoms with Gasteiger partial charge in [0, 0.05) is 17.7 Å². The maximum absolute atomic E-state index is 14.0. The highest BCUT2D eigenvalue weighted by Gasteiger charge is 2.62. The van der Waals surface area contributed by atoms with E-state index in [1.165, 1.54) is 6.07 Å². The zero-order valence-corrected chi connectivity index (χ0v) is 13.3. The number of hydrogen-bond donors (Lipinski definition) is 1. The van der Waals surface area contributed by atoms with Crippen LogP contribution in [0.15, 0.2) is 47.6 Å². The number of benzene rings is 2. The van der Waals surface area contributed by atoms with Crippen LogP contribution in [0.4, 0.5) is 18.9 Å². The third kappa shape index (κ3) is 2.52. The van der Waals surface area contributed by atoms with Crippen molar-refractivity contribution in [1.29, 1.82) is 0 Å². The number of hydrogen-bond acceptors (Lipinski definition) is 3. The summed E-state index contributed by atoms with van der Waals surface area (Å²) in [4.78, 5) is 5.06. The number of nitrogen functional groups attached to an aromatic ring is 1. The zero-order valence-electron chi connectivity index (χ0n) is 13.3. The van der Waals surface area contributed by atoms with Crippen LogP contribution in [0.3, 0.4) is 0 Å². The molecule has 3 rings (SSSR count). The Bertz CT molecular complexity index is 800. The highest BCUT2D eigenvalue weighted by molar-refractivity contribution is 6.01. The maximum atomic E-state index is 14.0. The van der Waals surface area contributed by atoms with Crippen molar-refractivity contribution in [1.82, 2.24) is 0 Å². The number of oxime groups is 1.